The number of carbonyl (C=O) groups is 1. The number of hydrogen-bond acceptors (Lipinski definition) is 8. The Bertz CT molecular complexity index is 1350. The van der Waals surface area contributed by atoms with Crippen LogP contribution in [0.15, 0.2) is 70.7 Å². The fourth-order valence-electron chi connectivity index (χ4n) is 4.33. The fourth-order valence-corrected chi connectivity index (χ4v) is 5.34. The van der Waals surface area contributed by atoms with Gasteiger partial charge in [0.15, 0.2) is 0 Å². The van der Waals surface area contributed by atoms with Crippen LogP contribution in [0.3, 0.4) is 0 Å². The SMILES string of the molecule is CN(C)C(=O)N1CCN(Cc2ccc(COc3nccc(C(C#N)=C4Nc5ccccc5S4)n3)cc2)CC1. The molecule has 38 heavy (non-hydrogen) atoms. The average Bonchev–Trinajstić information content (AvgIpc) is 3.37. The maximum absolute atomic E-state index is 12.1. The number of anilines is 1. The third-order valence-electron chi connectivity index (χ3n) is 6.40. The van der Waals surface area contributed by atoms with Gasteiger partial charge in [-0.25, -0.2) is 9.78 Å². The van der Waals surface area contributed by atoms with Crippen LogP contribution in [0.5, 0.6) is 6.01 Å². The molecule has 1 saturated heterocycles. The summed E-state index contributed by atoms with van der Waals surface area (Å²) in [6.45, 7) is 4.38. The summed E-state index contributed by atoms with van der Waals surface area (Å²) in [6.07, 6.45) is 1.61. The number of piperazine rings is 1. The minimum Gasteiger partial charge on any atom is -0.459 e. The smallest absolute Gasteiger partial charge is 0.319 e. The van der Waals surface area contributed by atoms with E-state index < -0.39 is 0 Å². The molecule has 1 N–H and O–H groups in total. The third-order valence-corrected chi connectivity index (χ3v) is 7.48. The Kier molecular flexibility index (Phi) is 7.77. The van der Waals surface area contributed by atoms with E-state index in [1.807, 2.05) is 41.3 Å². The summed E-state index contributed by atoms with van der Waals surface area (Å²) < 4.78 is 5.86. The summed E-state index contributed by atoms with van der Waals surface area (Å²) in [5.41, 5.74) is 4.17. The van der Waals surface area contributed by atoms with Crippen molar-refractivity contribution in [3.63, 3.8) is 0 Å². The first kappa shape index (κ1) is 25.6. The van der Waals surface area contributed by atoms with Crippen molar-refractivity contribution >= 4 is 29.1 Å². The lowest BCUT2D eigenvalue weighted by atomic mass is 10.1. The van der Waals surface area contributed by atoms with Crippen molar-refractivity contribution in [1.82, 2.24) is 24.7 Å². The highest BCUT2D eigenvalue weighted by atomic mass is 32.2. The Morgan fingerprint density at radius 1 is 1.08 bits per heavy atom. The number of fused-ring (bicyclic) bond motifs is 1. The molecule has 9 nitrogen and oxygen atoms in total. The maximum atomic E-state index is 12.1. The number of rotatable bonds is 6. The molecule has 2 aliphatic rings. The van der Waals surface area contributed by atoms with Crippen LogP contribution in [0.25, 0.3) is 5.57 Å². The molecule has 2 amide bonds. The molecule has 2 aliphatic heterocycles. The van der Waals surface area contributed by atoms with Crippen LogP contribution in [0, 0.1) is 11.3 Å². The number of nitrogens with zero attached hydrogens (tertiary/aromatic N) is 6. The van der Waals surface area contributed by atoms with Gasteiger partial charge < -0.3 is 19.9 Å². The zero-order valence-corrected chi connectivity index (χ0v) is 22.2. The van der Waals surface area contributed by atoms with Crippen molar-refractivity contribution in [2.24, 2.45) is 0 Å². The Labute approximate surface area is 226 Å². The summed E-state index contributed by atoms with van der Waals surface area (Å²) in [5, 5.41) is 13.9. The van der Waals surface area contributed by atoms with Crippen LogP contribution in [-0.4, -0.2) is 71.0 Å². The summed E-state index contributed by atoms with van der Waals surface area (Å²) in [4.78, 5) is 27.8. The van der Waals surface area contributed by atoms with E-state index in [1.54, 1.807) is 31.3 Å². The predicted molar refractivity (Wildman–Crippen MR) is 147 cm³/mol. The summed E-state index contributed by atoms with van der Waals surface area (Å²) >= 11 is 1.52. The molecule has 2 aromatic carbocycles. The molecular weight excluding hydrogens is 498 g/mol. The van der Waals surface area contributed by atoms with Gasteiger partial charge >= 0.3 is 12.0 Å². The van der Waals surface area contributed by atoms with Gasteiger partial charge in [-0.2, -0.15) is 10.2 Å². The maximum Gasteiger partial charge on any atom is 0.319 e. The van der Waals surface area contributed by atoms with Gasteiger partial charge in [0.05, 0.1) is 16.4 Å². The molecule has 0 radical (unpaired) electrons. The number of aromatic nitrogens is 2. The second kappa shape index (κ2) is 11.5. The van der Waals surface area contributed by atoms with E-state index in [0.29, 0.717) is 17.9 Å². The molecule has 3 aromatic rings. The standard InChI is InChI=1S/C28H29N7O2S/c1-33(2)28(36)35-15-13-34(14-16-35)18-20-7-9-21(10-8-20)19-37-27-30-12-11-23(32-27)22(17-29)26-31-24-5-3-4-6-25(24)38-26/h3-12,31H,13-16,18-19H2,1-2H3. The van der Waals surface area contributed by atoms with Gasteiger partial charge in [0, 0.05) is 57.9 Å². The Hall–Kier alpha value is -4.07. The number of nitriles is 1. The number of thioether (sulfide) groups is 1. The number of nitrogens with one attached hydrogen (secondary N) is 1. The Morgan fingerprint density at radius 3 is 2.53 bits per heavy atom. The van der Waals surface area contributed by atoms with Crippen LogP contribution < -0.4 is 10.1 Å². The predicted octanol–water partition coefficient (Wildman–Crippen LogP) is 4.26. The first-order valence-corrected chi connectivity index (χ1v) is 13.2. The molecule has 3 heterocycles. The highest BCUT2D eigenvalue weighted by molar-refractivity contribution is 8.04. The molecule has 0 bridgehead atoms. The second-order valence-electron chi connectivity index (χ2n) is 9.31. The molecule has 194 valence electrons. The number of benzene rings is 2. The van der Waals surface area contributed by atoms with E-state index in [-0.39, 0.29) is 12.0 Å². The molecule has 0 spiro atoms. The lowest BCUT2D eigenvalue weighted by molar-refractivity contribution is 0.120. The minimum absolute atomic E-state index is 0.0728. The van der Waals surface area contributed by atoms with Gasteiger partial charge in [0.25, 0.3) is 0 Å². The summed E-state index contributed by atoms with van der Waals surface area (Å²) in [7, 11) is 3.58. The van der Waals surface area contributed by atoms with Gasteiger partial charge in [-0.1, -0.05) is 48.2 Å². The lowest BCUT2D eigenvalue weighted by Crippen LogP contribution is -2.51. The van der Waals surface area contributed by atoms with Crippen LogP contribution in [0.4, 0.5) is 10.5 Å². The van der Waals surface area contributed by atoms with E-state index in [4.69, 9.17) is 4.74 Å². The average molecular weight is 528 g/mol. The van der Waals surface area contributed by atoms with Crippen molar-refractivity contribution in [1.29, 1.82) is 5.26 Å². The molecule has 0 unspecified atom stereocenters. The van der Waals surface area contributed by atoms with Crippen LogP contribution in [0.1, 0.15) is 16.8 Å². The monoisotopic (exact) mass is 527 g/mol. The molecule has 0 aliphatic carbocycles. The topological polar surface area (TPSA) is 97.6 Å². The van der Waals surface area contributed by atoms with E-state index in [9.17, 15) is 10.1 Å². The van der Waals surface area contributed by atoms with Gasteiger partial charge in [-0.15, -0.1) is 0 Å². The number of hydrogen-bond donors (Lipinski definition) is 1. The first-order chi connectivity index (χ1) is 18.5. The first-order valence-electron chi connectivity index (χ1n) is 12.4. The molecule has 0 saturated carbocycles. The van der Waals surface area contributed by atoms with Gasteiger partial charge in [-0.05, 0) is 29.3 Å². The molecular formula is C28H29N7O2S. The molecule has 10 heteroatoms. The highest BCUT2D eigenvalue weighted by Gasteiger charge is 2.23. The second-order valence-corrected chi connectivity index (χ2v) is 10.4. The van der Waals surface area contributed by atoms with Crippen LogP contribution in [-0.2, 0) is 13.2 Å². The van der Waals surface area contributed by atoms with Crippen molar-refractivity contribution in [2.75, 3.05) is 45.6 Å². The molecule has 0 atom stereocenters. The number of urea groups is 1. The molecule has 5 rings (SSSR count). The molecule has 1 fully saturated rings. The molecule has 1 aromatic heterocycles. The highest BCUT2D eigenvalue weighted by Crippen LogP contribution is 2.43. The van der Waals surface area contributed by atoms with Gasteiger partial charge in [-0.3, -0.25) is 4.90 Å². The number of allylic oxidation sites excluding steroid dienone is 1. The number of ether oxygens (including phenoxy) is 1. The van der Waals surface area contributed by atoms with Crippen LogP contribution in [0.2, 0.25) is 0 Å². The van der Waals surface area contributed by atoms with Crippen LogP contribution >= 0.6 is 11.8 Å². The van der Waals surface area contributed by atoms with Crippen molar-refractivity contribution in [2.45, 2.75) is 18.0 Å². The van der Waals surface area contributed by atoms with Crippen molar-refractivity contribution in [3.8, 4) is 12.1 Å². The van der Waals surface area contributed by atoms with Gasteiger partial charge in [0.2, 0.25) is 0 Å². The van der Waals surface area contributed by atoms with E-state index in [0.717, 1.165) is 53.9 Å². The zero-order chi connectivity index (χ0) is 26.5. The largest absolute Gasteiger partial charge is 0.459 e. The Morgan fingerprint density at radius 2 is 1.82 bits per heavy atom. The number of para-hydroxylation sites is 1. The van der Waals surface area contributed by atoms with E-state index in [2.05, 4.69) is 38.4 Å². The Balaban J connectivity index is 1.16. The third kappa shape index (κ3) is 5.90. The minimum atomic E-state index is 0.0728. The number of carbonyl (C=O) groups excluding carboxylic acids is 1. The fraction of sp³-hybridized carbons (Fsp3) is 0.286. The zero-order valence-electron chi connectivity index (χ0n) is 21.4. The van der Waals surface area contributed by atoms with Crippen molar-refractivity contribution in [3.05, 3.63) is 82.6 Å². The quantitative estimate of drug-likeness (QED) is 0.475. The normalized spacial score (nSPS) is 16.3. The van der Waals surface area contributed by atoms with E-state index >= 15 is 0 Å². The lowest BCUT2D eigenvalue weighted by Gasteiger charge is -2.36. The number of amides is 2. The van der Waals surface area contributed by atoms with Crippen molar-refractivity contribution < 1.29 is 9.53 Å². The summed E-state index contributed by atoms with van der Waals surface area (Å²) in [6, 6.07) is 20.5. The van der Waals surface area contributed by atoms with E-state index in [1.165, 1.54) is 17.3 Å². The van der Waals surface area contributed by atoms with Gasteiger partial charge in [0.1, 0.15) is 18.2 Å². The summed E-state index contributed by atoms with van der Waals surface area (Å²) in [5.74, 6) is 0.